The smallest absolute Gasteiger partial charge is 0.152 e. The Morgan fingerprint density at radius 1 is 1.38 bits per heavy atom. The number of aliphatic hydroxyl groups excluding tert-OH is 1. The van der Waals surface area contributed by atoms with Gasteiger partial charge in [0.2, 0.25) is 0 Å². The molecule has 1 unspecified atom stereocenters. The van der Waals surface area contributed by atoms with Gasteiger partial charge in [-0.15, -0.1) is 0 Å². The van der Waals surface area contributed by atoms with Crippen LogP contribution in [0, 0.1) is 5.92 Å². The third-order valence-corrected chi connectivity index (χ3v) is 3.64. The van der Waals surface area contributed by atoms with Crippen molar-refractivity contribution in [1.29, 1.82) is 0 Å². The Morgan fingerprint density at radius 2 is 2.14 bits per heavy atom. The summed E-state index contributed by atoms with van der Waals surface area (Å²) in [7, 11) is 0. The van der Waals surface area contributed by atoms with Crippen molar-refractivity contribution in [3.63, 3.8) is 0 Å². The minimum absolute atomic E-state index is 0.0276. The molecule has 5 nitrogen and oxygen atoms in total. The van der Waals surface area contributed by atoms with E-state index in [4.69, 9.17) is 5.11 Å². The molecule has 0 aliphatic rings. The van der Waals surface area contributed by atoms with E-state index in [1.54, 1.807) is 6.20 Å². The SMILES string of the molecule is CC(CO)CCCNc1nccn2nc(C(C)(C)C)cc12. The van der Waals surface area contributed by atoms with E-state index in [0.29, 0.717) is 5.92 Å². The highest BCUT2D eigenvalue weighted by Crippen LogP contribution is 2.24. The average molecular weight is 290 g/mol. The van der Waals surface area contributed by atoms with Crippen molar-refractivity contribution >= 4 is 11.3 Å². The molecule has 2 heterocycles. The Hall–Kier alpha value is -1.62. The van der Waals surface area contributed by atoms with E-state index in [1.807, 2.05) is 10.7 Å². The molecule has 0 saturated heterocycles. The number of anilines is 1. The summed E-state index contributed by atoms with van der Waals surface area (Å²) in [5.41, 5.74) is 2.10. The van der Waals surface area contributed by atoms with E-state index in [2.05, 4.69) is 49.2 Å². The second-order valence-electron chi connectivity index (χ2n) is 6.74. The number of aliphatic hydroxyl groups is 1. The van der Waals surface area contributed by atoms with Crippen molar-refractivity contribution < 1.29 is 5.11 Å². The van der Waals surface area contributed by atoms with Crippen molar-refractivity contribution in [3.05, 3.63) is 24.2 Å². The lowest BCUT2D eigenvalue weighted by Gasteiger charge is -2.13. The van der Waals surface area contributed by atoms with E-state index in [0.717, 1.165) is 36.4 Å². The third kappa shape index (κ3) is 3.94. The molecule has 0 fully saturated rings. The highest BCUT2D eigenvalue weighted by atomic mass is 16.3. The number of fused-ring (bicyclic) bond motifs is 1. The number of nitrogens with zero attached hydrogens (tertiary/aromatic N) is 3. The Kier molecular flexibility index (Phi) is 4.83. The first-order chi connectivity index (χ1) is 9.91. The highest BCUT2D eigenvalue weighted by molar-refractivity contribution is 5.68. The molecule has 116 valence electrons. The first kappa shape index (κ1) is 15.8. The maximum Gasteiger partial charge on any atom is 0.152 e. The van der Waals surface area contributed by atoms with Crippen molar-refractivity contribution in [2.75, 3.05) is 18.5 Å². The Labute approximate surface area is 126 Å². The Balaban J connectivity index is 2.08. The molecule has 0 radical (unpaired) electrons. The molecule has 0 aliphatic carbocycles. The van der Waals surface area contributed by atoms with E-state index < -0.39 is 0 Å². The first-order valence-electron chi connectivity index (χ1n) is 7.61. The van der Waals surface area contributed by atoms with Gasteiger partial charge in [0.05, 0.1) is 5.69 Å². The van der Waals surface area contributed by atoms with Gasteiger partial charge < -0.3 is 10.4 Å². The normalized spacial score (nSPS) is 13.6. The van der Waals surface area contributed by atoms with Crippen LogP contribution >= 0.6 is 0 Å². The van der Waals surface area contributed by atoms with E-state index in [9.17, 15) is 0 Å². The van der Waals surface area contributed by atoms with Crippen LogP contribution in [0.3, 0.4) is 0 Å². The average Bonchev–Trinajstić information content (AvgIpc) is 2.88. The lowest BCUT2D eigenvalue weighted by Crippen LogP contribution is -2.11. The fraction of sp³-hybridized carbons (Fsp3) is 0.625. The molecule has 0 bridgehead atoms. The molecule has 0 amide bonds. The van der Waals surface area contributed by atoms with Gasteiger partial charge in [-0.05, 0) is 24.8 Å². The van der Waals surface area contributed by atoms with Gasteiger partial charge in [-0.3, -0.25) is 0 Å². The molecule has 2 aromatic rings. The van der Waals surface area contributed by atoms with Gasteiger partial charge in [0.1, 0.15) is 5.52 Å². The summed E-state index contributed by atoms with van der Waals surface area (Å²) in [5.74, 6) is 1.23. The first-order valence-corrected chi connectivity index (χ1v) is 7.61. The van der Waals surface area contributed by atoms with Crippen LogP contribution in [0.2, 0.25) is 0 Å². The molecule has 0 spiro atoms. The van der Waals surface area contributed by atoms with Crippen molar-refractivity contribution in [2.24, 2.45) is 5.92 Å². The van der Waals surface area contributed by atoms with Crippen LogP contribution < -0.4 is 5.32 Å². The van der Waals surface area contributed by atoms with Crippen molar-refractivity contribution in [2.45, 2.75) is 46.0 Å². The monoisotopic (exact) mass is 290 g/mol. The summed E-state index contributed by atoms with van der Waals surface area (Å²) in [5, 5.41) is 17.0. The summed E-state index contributed by atoms with van der Waals surface area (Å²) in [6, 6.07) is 2.10. The maximum absolute atomic E-state index is 9.03. The number of nitrogens with one attached hydrogen (secondary N) is 1. The molecule has 2 N–H and O–H groups in total. The van der Waals surface area contributed by atoms with Gasteiger partial charge in [0.25, 0.3) is 0 Å². The van der Waals surface area contributed by atoms with E-state index in [1.165, 1.54) is 0 Å². The van der Waals surface area contributed by atoms with Crippen LogP contribution in [0.25, 0.3) is 5.52 Å². The number of hydrogen-bond acceptors (Lipinski definition) is 4. The molecule has 1 atom stereocenters. The minimum Gasteiger partial charge on any atom is -0.396 e. The predicted octanol–water partition coefficient (Wildman–Crippen LogP) is 2.85. The predicted molar refractivity (Wildman–Crippen MR) is 85.7 cm³/mol. The molecule has 21 heavy (non-hydrogen) atoms. The molecule has 0 aliphatic heterocycles. The zero-order valence-corrected chi connectivity index (χ0v) is 13.4. The Bertz CT molecular complexity index is 585. The number of hydrogen-bond donors (Lipinski definition) is 2. The number of rotatable bonds is 6. The zero-order valence-electron chi connectivity index (χ0n) is 13.4. The number of aromatic nitrogens is 3. The summed E-state index contributed by atoms with van der Waals surface area (Å²) in [6.45, 7) is 9.65. The molecule has 5 heteroatoms. The van der Waals surface area contributed by atoms with Gasteiger partial charge in [-0.25, -0.2) is 9.50 Å². The standard InChI is InChI=1S/C16H26N4O/c1-12(11-21)6-5-7-17-15-13-10-14(16(2,3)4)19-20(13)9-8-18-15/h8-10,12,21H,5-7,11H2,1-4H3,(H,17,18). The second kappa shape index (κ2) is 6.43. The van der Waals surface area contributed by atoms with Gasteiger partial charge >= 0.3 is 0 Å². The summed E-state index contributed by atoms with van der Waals surface area (Å²) < 4.78 is 1.88. The van der Waals surface area contributed by atoms with Crippen LogP contribution in [0.4, 0.5) is 5.82 Å². The molecule has 0 aromatic carbocycles. The van der Waals surface area contributed by atoms with Gasteiger partial charge in [-0.1, -0.05) is 27.7 Å². The van der Waals surface area contributed by atoms with Gasteiger partial charge in [0, 0.05) is 31.0 Å². The van der Waals surface area contributed by atoms with E-state index >= 15 is 0 Å². The minimum atomic E-state index is 0.0276. The highest BCUT2D eigenvalue weighted by Gasteiger charge is 2.18. The Morgan fingerprint density at radius 3 is 2.81 bits per heavy atom. The van der Waals surface area contributed by atoms with Crippen LogP contribution in [0.15, 0.2) is 18.5 Å². The van der Waals surface area contributed by atoms with Gasteiger partial charge in [0.15, 0.2) is 5.82 Å². The second-order valence-corrected chi connectivity index (χ2v) is 6.74. The quantitative estimate of drug-likeness (QED) is 0.803. The third-order valence-electron chi connectivity index (χ3n) is 3.64. The summed E-state index contributed by atoms with van der Waals surface area (Å²) in [4.78, 5) is 4.42. The van der Waals surface area contributed by atoms with Crippen LogP contribution in [-0.4, -0.2) is 32.9 Å². The molecule has 2 rings (SSSR count). The lowest BCUT2D eigenvalue weighted by atomic mass is 9.92. The summed E-state index contributed by atoms with van der Waals surface area (Å²) >= 11 is 0. The largest absolute Gasteiger partial charge is 0.396 e. The molecular weight excluding hydrogens is 264 g/mol. The van der Waals surface area contributed by atoms with Crippen LogP contribution in [-0.2, 0) is 5.41 Å². The molecule has 2 aromatic heterocycles. The van der Waals surface area contributed by atoms with Gasteiger partial charge in [-0.2, -0.15) is 5.10 Å². The van der Waals surface area contributed by atoms with Crippen LogP contribution in [0.1, 0.15) is 46.2 Å². The van der Waals surface area contributed by atoms with E-state index in [-0.39, 0.29) is 12.0 Å². The molecule has 0 saturated carbocycles. The molecular formula is C16H26N4O. The van der Waals surface area contributed by atoms with Crippen molar-refractivity contribution in [3.8, 4) is 0 Å². The van der Waals surface area contributed by atoms with Crippen LogP contribution in [0.5, 0.6) is 0 Å². The lowest BCUT2D eigenvalue weighted by molar-refractivity contribution is 0.229. The fourth-order valence-corrected chi connectivity index (χ4v) is 2.17. The summed E-state index contributed by atoms with van der Waals surface area (Å²) in [6.07, 6.45) is 5.68. The van der Waals surface area contributed by atoms with Crippen molar-refractivity contribution in [1.82, 2.24) is 14.6 Å². The maximum atomic E-state index is 9.03. The fourth-order valence-electron chi connectivity index (χ4n) is 2.17. The zero-order chi connectivity index (χ0) is 15.5. The topological polar surface area (TPSA) is 62.5 Å².